The second-order valence-electron chi connectivity index (χ2n) is 5.96. The molecule has 0 atom stereocenters. The lowest BCUT2D eigenvalue weighted by Crippen LogP contribution is -2.39. The third-order valence-electron chi connectivity index (χ3n) is 4.51. The molecule has 0 heterocycles. The van der Waals surface area contributed by atoms with Crippen LogP contribution >= 0.6 is 0 Å². The number of aldehydes is 1. The molecule has 0 radical (unpaired) electrons. The SMILES string of the molecule is COC(=O)C1CCC(C(=O)N(CC=O)c2ccc([N+](=O)[O-])cc2)CC1. The quantitative estimate of drug-likeness (QED) is 0.337. The first-order chi connectivity index (χ1) is 12.0. The molecule has 1 saturated carbocycles. The Morgan fingerprint density at radius 3 is 2.24 bits per heavy atom. The number of hydrogen-bond acceptors (Lipinski definition) is 6. The van der Waals surface area contributed by atoms with Crippen LogP contribution in [-0.4, -0.2) is 36.7 Å². The molecule has 0 N–H and O–H groups in total. The Hall–Kier alpha value is -2.77. The van der Waals surface area contributed by atoms with Crippen LogP contribution in [0.2, 0.25) is 0 Å². The van der Waals surface area contributed by atoms with Crippen molar-refractivity contribution >= 4 is 29.5 Å². The van der Waals surface area contributed by atoms with Crippen LogP contribution in [0.4, 0.5) is 11.4 Å². The highest BCUT2D eigenvalue weighted by Crippen LogP contribution is 2.32. The highest BCUT2D eigenvalue weighted by molar-refractivity contribution is 5.97. The van der Waals surface area contributed by atoms with Crippen molar-refractivity contribution in [1.82, 2.24) is 0 Å². The largest absolute Gasteiger partial charge is 0.469 e. The van der Waals surface area contributed by atoms with Crippen molar-refractivity contribution in [3.05, 3.63) is 34.4 Å². The summed E-state index contributed by atoms with van der Waals surface area (Å²) in [5, 5.41) is 10.7. The minimum absolute atomic E-state index is 0.0826. The maximum Gasteiger partial charge on any atom is 0.308 e. The lowest BCUT2D eigenvalue weighted by atomic mass is 9.81. The number of rotatable bonds is 6. The van der Waals surface area contributed by atoms with Gasteiger partial charge in [-0.25, -0.2) is 0 Å². The van der Waals surface area contributed by atoms with Gasteiger partial charge in [-0.1, -0.05) is 0 Å². The van der Waals surface area contributed by atoms with Crippen molar-refractivity contribution in [2.45, 2.75) is 25.7 Å². The van der Waals surface area contributed by atoms with Crippen LogP contribution in [-0.2, 0) is 19.1 Å². The number of anilines is 1. The van der Waals surface area contributed by atoms with E-state index in [1.54, 1.807) is 0 Å². The van der Waals surface area contributed by atoms with Crippen LogP contribution in [0.25, 0.3) is 0 Å². The van der Waals surface area contributed by atoms with Crippen molar-refractivity contribution in [3.63, 3.8) is 0 Å². The van der Waals surface area contributed by atoms with Gasteiger partial charge in [0.15, 0.2) is 0 Å². The number of non-ortho nitro benzene ring substituents is 1. The number of nitro benzene ring substituents is 1. The molecule has 0 aliphatic heterocycles. The van der Waals surface area contributed by atoms with Gasteiger partial charge in [-0.05, 0) is 37.8 Å². The van der Waals surface area contributed by atoms with E-state index in [9.17, 15) is 24.5 Å². The van der Waals surface area contributed by atoms with Gasteiger partial charge in [-0.3, -0.25) is 19.7 Å². The van der Waals surface area contributed by atoms with Gasteiger partial charge < -0.3 is 14.4 Å². The summed E-state index contributed by atoms with van der Waals surface area (Å²) < 4.78 is 4.74. The first-order valence-corrected chi connectivity index (χ1v) is 8.05. The van der Waals surface area contributed by atoms with Gasteiger partial charge in [0.2, 0.25) is 5.91 Å². The third kappa shape index (κ3) is 4.40. The van der Waals surface area contributed by atoms with E-state index in [2.05, 4.69) is 0 Å². The zero-order chi connectivity index (χ0) is 18.4. The van der Waals surface area contributed by atoms with Crippen LogP contribution in [0.1, 0.15) is 25.7 Å². The number of nitrogens with zero attached hydrogens (tertiary/aromatic N) is 2. The summed E-state index contributed by atoms with van der Waals surface area (Å²) >= 11 is 0. The average Bonchev–Trinajstić information content (AvgIpc) is 2.65. The fraction of sp³-hybridized carbons (Fsp3) is 0.471. The van der Waals surface area contributed by atoms with Gasteiger partial charge >= 0.3 is 5.97 Å². The van der Waals surface area contributed by atoms with Crippen LogP contribution < -0.4 is 4.90 Å². The summed E-state index contributed by atoms with van der Waals surface area (Å²) in [6.07, 6.45) is 2.85. The number of ether oxygens (including phenoxy) is 1. The number of methoxy groups -OCH3 is 1. The van der Waals surface area contributed by atoms with E-state index in [1.807, 2.05) is 0 Å². The van der Waals surface area contributed by atoms with Gasteiger partial charge in [0, 0.05) is 23.7 Å². The Kier molecular flexibility index (Phi) is 6.21. The molecule has 1 amide bonds. The summed E-state index contributed by atoms with van der Waals surface area (Å²) in [5.41, 5.74) is 0.360. The van der Waals surface area contributed by atoms with E-state index >= 15 is 0 Å². The van der Waals surface area contributed by atoms with Gasteiger partial charge in [0.25, 0.3) is 5.69 Å². The fourth-order valence-electron chi connectivity index (χ4n) is 3.11. The number of carbonyl (C=O) groups is 3. The molecular formula is C17H20N2O6. The van der Waals surface area contributed by atoms with E-state index in [-0.39, 0.29) is 35.9 Å². The van der Waals surface area contributed by atoms with Crippen molar-refractivity contribution < 1.29 is 24.0 Å². The molecule has 0 spiro atoms. The smallest absolute Gasteiger partial charge is 0.308 e. The topological polar surface area (TPSA) is 107 Å². The Balaban J connectivity index is 2.09. The van der Waals surface area contributed by atoms with Crippen molar-refractivity contribution in [3.8, 4) is 0 Å². The zero-order valence-electron chi connectivity index (χ0n) is 13.9. The standard InChI is InChI=1S/C17H20N2O6/c1-25-17(22)13-4-2-12(3-5-13)16(21)18(10-11-20)14-6-8-15(9-7-14)19(23)24/h6-9,11-13H,2-5,10H2,1H3. The number of nitro groups is 1. The molecule has 134 valence electrons. The van der Waals surface area contributed by atoms with Crippen LogP contribution in [0, 0.1) is 22.0 Å². The summed E-state index contributed by atoms with van der Waals surface area (Å²) in [7, 11) is 1.35. The molecule has 1 aliphatic rings. The first-order valence-electron chi connectivity index (χ1n) is 8.05. The summed E-state index contributed by atoms with van der Waals surface area (Å²) in [4.78, 5) is 46.8. The molecule has 1 aliphatic carbocycles. The maximum atomic E-state index is 12.8. The molecule has 1 fully saturated rings. The molecule has 0 bridgehead atoms. The number of hydrogen-bond donors (Lipinski definition) is 0. The molecular weight excluding hydrogens is 328 g/mol. The van der Waals surface area contributed by atoms with Gasteiger partial charge in [0.1, 0.15) is 6.29 Å². The van der Waals surface area contributed by atoms with E-state index in [0.717, 1.165) is 0 Å². The average molecular weight is 348 g/mol. The van der Waals surface area contributed by atoms with E-state index < -0.39 is 4.92 Å². The van der Waals surface area contributed by atoms with E-state index in [0.29, 0.717) is 37.7 Å². The van der Waals surface area contributed by atoms with E-state index in [1.165, 1.54) is 36.3 Å². The molecule has 0 saturated heterocycles. The monoisotopic (exact) mass is 348 g/mol. The molecule has 2 rings (SSSR count). The predicted octanol–water partition coefficient (Wildman–Crippen LogP) is 2.11. The first kappa shape index (κ1) is 18.6. The molecule has 8 nitrogen and oxygen atoms in total. The zero-order valence-corrected chi connectivity index (χ0v) is 13.9. The van der Waals surface area contributed by atoms with Crippen LogP contribution in [0.3, 0.4) is 0 Å². The molecule has 25 heavy (non-hydrogen) atoms. The Morgan fingerprint density at radius 2 is 1.76 bits per heavy atom. The Bertz CT molecular complexity index is 650. The minimum Gasteiger partial charge on any atom is -0.469 e. The molecule has 0 unspecified atom stereocenters. The number of esters is 1. The van der Waals surface area contributed by atoms with Gasteiger partial charge in [-0.15, -0.1) is 0 Å². The second kappa shape index (κ2) is 8.36. The lowest BCUT2D eigenvalue weighted by Gasteiger charge is -2.30. The van der Waals surface area contributed by atoms with Crippen LogP contribution in [0.15, 0.2) is 24.3 Å². The van der Waals surface area contributed by atoms with Crippen molar-refractivity contribution in [2.75, 3.05) is 18.6 Å². The van der Waals surface area contributed by atoms with Gasteiger partial charge in [0.05, 0.1) is 24.5 Å². The summed E-state index contributed by atoms with van der Waals surface area (Å²) in [5.74, 6) is -0.931. The lowest BCUT2D eigenvalue weighted by molar-refractivity contribution is -0.384. The number of benzene rings is 1. The maximum absolute atomic E-state index is 12.8. The molecule has 1 aromatic carbocycles. The predicted molar refractivity (Wildman–Crippen MR) is 89.0 cm³/mol. The summed E-state index contributed by atoms with van der Waals surface area (Å²) in [6.45, 7) is -0.117. The van der Waals surface area contributed by atoms with Crippen molar-refractivity contribution in [1.29, 1.82) is 0 Å². The van der Waals surface area contributed by atoms with E-state index in [4.69, 9.17) is 4.74 Å². The number of amides is 1. The Morgan fingerprint density at radius 1 is 1.20 bits per heavy atom. The Labute approximate surface area is 144 Å². The molecule has 1 aromatic rings. The third-order valence-corrected chi connectivity index (χ3v) is 4.51. The molecule has 0 aromatic heterocycles. The normalized spacial score (nSPS) is 19.7. The van der Waals surface area contributed by atoms with Crippen LogP contribution in [0.5, 0.6) is 0 Å². The van der Waals surface area contributed by atoms with Crippen molar-refractivity contribution in [2.24, 2.45) is 11.8 Å². The number of carbonyl (C=O) groups excluding carboxylic acids is 3. The molecule has 8 heteroatoms. The second-order valence-corrected chi connectivity index (χ2v) is 5.96. The van der Waals surface area contributed by atoms with Gasteiger partial charge in [-0.2, -0.15) is 0 Å². The highest BCUT2D eigenvalue weighted by atomic mass is 16.6. The fourth-order valence-corrected chi connectivity index (χ4v) is 3.11. The summed E-state index contributed by atoms with van der Waals surface area (Å²) in [6, 6.07) is 5.52. The highest BCUT2D eigenvalue weighted by Gasteiger charge is 2.33. The minimum atomic E-state index is -0.524.